The van der Waals surface area contributed by atoms with Crippen LogP contribution in [0.5, 0.6) is 0 Å². The SMILES string of the molecule is COC(=O)C1CCN(c2ncnc3ccc(-c4c(C)noc4C)cc23)CC1. The number of methoxy groups -OCH3 is 1. The average molecular weight is 366 g/mol. The van der Waals surface area contributed by atoms with Crippen LogP contribution in [0.15, 0.2) is 29.0 Å². The summed E-state index contributed by atoms with van der Waals surface area (Å²) in [5.41, 5.74) is 3.81. The lowest BCUT2D eigenvalue weighted by Gasteiger charge is -2.32. The summed E-state index contributed by atoms with van der Waals surface area (Å²) >= 11 is 0. The highest BCUT2D eigenvalue weighted by Gasteiger charge is 2.27. The van der Waals surface area contributed by atoms with Crippen molar-refractivity contribution in [2.24, 2.45) is 5.92 Å². The molecule has 0 radical (unpaired) electrons. The van der Waals surface area contributed by atoms with Crippen LogP contribution >= 0.6 is 0 Å². The number of carbonyl (C=O) groups is 1. The smallest absolute Gasteiger partial charge is 0.308 e. The first kappa shape index (κ1) is 17.5. The lowest BCUT2D eigenvalue weighted by molar-refractivity contribution is -0.146. The summed E-state index contributed by atoms with van der Waals surface area (Å²) in [5.74, 6) is 1.54. The third-order valence-corrected chi connectivity index (χ3v) is 5.27. The molecule has 2 aromatic heterocycles. The maximum absolute atomic E-state index is 11.8. The predicted molar refractivity (Wildman–Crippen MR) is 101 cm³/mol. The van der Waals surface area contributed by atoms with Crippen LogP contribution in [-0.4, -0.2) is 41.3 Å². The fourth-order valence-corrected chi connectivity index (χ4v) is 3.84. The summed E-state index contributed by atoms with van der Waals surface area (Å²) in [7, 11) is 1.45. The van der Waals surface area contributed by atoms with Crippen LogP contribution in [0.4, 0.5) is 5.82 Å². The minimum absolute atomic E-state index is 0.0304. The van der Waals surface area contributed by atoms with Crippen molar-refractivity contribution < 1.29 is 14.1 Å². The van der Waals surface area contributed by atoms with Gasteiger partial charge >= 0.3 is 5.97 Å². The Hall–Kier alpha value is -2.96. The number of hydrogen-bond acceptors (Lipinski definition) is 7. The summed E-state index contributed by atoms with van der Waals surface area (Å²) in [6, 6.07) is 6.14. The molecule has 0 aliphatic carbocycles. The number of piperidine rings is 1. The molecule has 140 valence electrons. The molecule has 27 heavy (non-hydrogen) atoms. The first-order chi connectivity index (χ1) is 13.1. The number of esters is 1. The molecule has 7 nitrogen and oxygen atoms in total. The van der Waals surface area contributed by atoms with E-state index in [1.54, 1.807) is 6.33 Å². The van der Waals surface area contributed by atoms with Gasteiger partial charge in [-0.05, 0) is 44.4 Å². The molecule has 1 fully saturated rings. The van der Waals surface area contributed by atoms with Crippen LogP contribution in [0.2, 0.25) is 0 Å². The number of aromatic nitrogens is 3. The van der Waals surface area contributed by atoms with Crippen LogP contribution in [0.3, 0.4) is 0 Å². The topological polar surface area (TPSA) is 81.4 Å². The normalized spacial score (nSPS) is 15.3. The largest absolute Gasteiger partial charge is 0.469 e. The summed E-state index contributed by atoms with van der Waals surface area (Å²) < 4.78 is 10.2. The molecule has 4 rings (SSSR count). The van der Waals surface area contributed by atoms with Gasteiger partial charge in [0.25, 0.3) is 0 Å². The summed E-state index contributed by atoms with van der Waals surface area (Å²) in [5, 5.41) is 5.05. The Bertz CT molecular complexity index is 971. The molecule has 1 saturated heterocycles. The molecule has 0 N–H and O–H groups in total. The number of hydrogen-bond donors (Lipinski definition) is 0. The lowest BCUT2D eigenvalue weighted by Crippen LogP contribution is -2.37. The fourth-order valence-electron chi connectivity index (χ4n) is 3.84. The van der Waals surface area contributed by atoms with Gasteiger partial charge < -0.3 is 14.2 Å². The Morgan fingerprint density at radius 3 is 2.67 bits per heavy atom. The number of aryl methyl sites for hydroxylation is 2. The van der Waals surface area contributed by atoms with E-state index in [2.05, 4.69) is 26.1 Å². The summed E-state index contributed by atoms with van der Waals surface area (Å²) in [4.78, 5) is 23.0. The van der Waals surface area contributed by atoms with Gasteiger partial charge in [0, 0.05) is 24.0 Å². The highest BCUT2D eigenvalue weighted by Crippen LogP contribution is 2.33. The second kappa shape index (κ2) is 6.98. The van der Waals surface area contributed by atoms with Crippen LogP contribution in [0.25, 0.3) is 22.0 Å². The van der Waals surface area contributed by atoms with Gasteiger partial charge in [-0.1, -0.05) is 11.2 Å². The Balaban J connectivity index is 1.70. The number of anilines is 1. The van der Waals surface area contributed by atoms with Gasteiger partial charge in [-0.25, -0.2) is 9.97 Å². The van der Waals surface area contributed by atoms with Crippen LogP contribution < -0.4 is 4.90 Å². The Labute approximate surface area is 157 Å². The molecule has 0 amide bonds. The molecule has 0 saturated carbocycles. The maximum Gasteiger partial charge on any atom is 0.308 e. The monoisotopic (exact) mass is 366 g/mol. The average Bonchev–Trinajstić information content (AvgIpc) is 3.05. The third-order valence-electron chi connectivity index (χ3n) is 5.27. The molecule has 0 spiro atoms. The van der Waals surface area contributed by atoms with Gasteiger partial charge in [-0.3, -0.25) is 4.79 Å². The van der Waals surface area contributed by atoms with Gasteiger partial charge in [-0.15, -0.1) is 0 Å². The van der Waals surface area contributed by atoms with Gasteiger partial charge in [0.05, 0.1) is 24.2 Å². The van der Waals surface area contributed by atoms with Crippen molar-refractivity contribution in [3.05, 3.63) is 36.0 Å². The van der Waals surface area contributed by atoms with E-state index in [4.69, 9.17) is 9.26 Å². The van der Waals surface area contributed by atoms with Gasteiger partial charge in [0.1, 0.15) is 17.9 Å². The number of benzene rings is 1. The zero-order valence-electron chi connectivity index (χ0n) is 15.7. The van der Waals surface area contributed by atoms with E-state index >= 15 is 0 Å². The molecular weight excluding hydrogens is 344 g/mol. The van der Waals surface area contributed by atoms with Crippen LogP contribution in [-0.2, 0) is 9.53 Å². The van der Waals surface area contributed by atoms with E-state index in [-0.39, 0.29) is 11.9 Å². The molecule has 0 unspecified atom stereocenters. The summed E-state index contributed by atoms with van der Waals surface area (Å²) in [6.07, 6.45) is 3.13. The molecule has 3 heterocycles. The number of ether oxygens (including phenoxy) is 1. The van der Waals surface area contributed by atoms with Gasteiger partial charge in [0.15, 0.2) is 0 Å². The first-order valence-corrected chi connectivity index (χ1v) is 9.09. The Morgan fingerprint density at radius 2 is 2.00 bits per heavy atom. The maximum atomic E-state index is 11.8. The number of rotatable bonds is 3. The van der Waals surface area contributed by atoms with E-state index in [9.17, 15) is 4.79 Å². The quantitative estimate of drug-likeness (QED) is 0.658. The Morgan fingerprint density at radius 1 is 1.22 bits per heavy atom. The van der Waals surface area contributed by atoms with E-state index in [0.29, 0.717) is 0 Å². The zero-order valence-corrected chi connectivity index (χ0v) is 15.7. The van der Waals surface area contributed by atoms with Crippen molar-refractivity contribution in [3.8, 4) is 11.1 Å². The summed E-state index contributed by atoms with van der Waals surface area (Å²) in [6.45, 7) is 5.39. The molecule has 0 bridgehead atoms. The van der Waals surface area contributed by atoms with Crippen LogP contribution in [0.1, 0.15) is 24.3 Å². The number of carbonyl (C=O) groups excluding carboxylic acids is 1. The van der Waals surface area contributed by atoms with Crippen molar-refractivity contribution in [2.45, 2.75) is 26.7 Å². The van der Waals surface area contributed by atoms with E-state index in [1.807, 2.05) is 26.0 Å². The standard InChI is InChI=1S/C20H22N4O3/c1-12-18(13(2)27-23-12)15-4-5-17-16(10-15)19(22-11-21-17)24-8-6-14(7-9-24)20(25)26-3/h4-5,10-11,14H,6-9H2,1-3H3. The molecule has 7 heteroatoms. The van der Waals surface area contributed by atoms with Gasteiger partial charge in [-0.2, -0.15) is 0 Å². The predicted octanol–water partition coefficient (Wildman–Crippen LogP) is 3.29. The molecule has 3 aromatic rings. The van der Waals surface area contributed by atoms with Crippen LogP contribution in [0, 0.1) is 19.8 Å². The molecular formula is C20H22N4O3. The second-order valence-electron chi connectivity index (χ2n) is 6.91. The minimum Gasteiger partial charge on any atom is -0.469 e. The van der Waals surface area contributed by atoms with Gasteiger partial charge in [0.2, 0.25) is 0 Å². The van der Waals surface area contributed by atoms with Crippen molar-refractivity contribution in [1.82, 2.24) is 15.1 Å². The Kier molecular flexibility index (Phi) is 4.51. The molecule has 1 aliphatic rings. The van der Waals surface area contributed by atoms with Crippen molar-refractivity contribution in [2.75, 3.05) is 25.1 Å². The first-order valence-electron chi connectivity index (χ1n) is 9.09. The lowest BCUT2D eigenvalue weighted by atomic mass is 9.96. The third kappa shape index (κ3) is 3.13. The molecule has 0 atom stereocenters. The highest BCUT2D eigenvalue weighted by atomic mass is 16.5. The molecule has 1 aliphatic heterocycles. The minimum atomic E-state index is -0.122. The number of fused-ring (bicyclic) bond motifs is 1. The highest BCUT2D eigenvalue weighted by molar-refractivity contribution is 5.93. The molecule has 1 aromatic carbocycles. The zero-order chi connectivity index (χ0) is 19.0. The van der Waals surface area contributed by atoms with E-state index in [1.165, 1.54) is 7.11 Å². The van der Waals surface area contributed by atoms with E-state index < -0.39 is 0 Å². The van der Waals surface area contributed by atoms with Crippen molar-refractivity contribution >= 4 is 22.7 Å². The second-order valence-corrected chi connectivity index (χ2v) is 6.91. The van der Waals surface area contributed by atoms with Crippen molar-refractivity contribution in [3.63, 3.8) is 0 Å². The van der Waals surface area contributed by atoms with Crippen molar-refractivity contribution in [1.29, 1.82) is 0 Å². The van der Waals surface area contributed by atoms with E-state index in [0.717, 1.165) is 65.2 Å². The number of nitrogens with zero attached hydrogens (tertiary/aromatic N) is 4. The fraction of sp³-hybridized carbons (Fsp3) is 0.400.